The summed E-state index contributed by atoms with van der Waals surface area (Å²) in [5.74, 6) is 1.19. The zero-order valence-electron chi connectivity index (χ0n) is 45.8. The fourth-order valence-corrected chi connectivity index (χ4v) is 10.9. The summed E-state index contributed by atoms with van der Waals surface area (Å²) in [5.41, 5.74) is 12.5. The van der Waals surface area contributed by atoms with Gasteiger partial charge in [-0.05, 0) is 135 Å². The maximum atomic E-state index is 9.32. The van der Waals surface area contributed by atoms with Gasteiger partial charge in [0.15, 0.2) is 0 Å². The Balaban J connectivity index is 0.00000616. The number of ether oxygens (including phenoxy) is 1. The Labute approximate surface area is 457 Å². The number of nitrogens with zero attached hydrogens (tertiary/aromatic N) is 4. The van der Waals surface area contributed by atoms with Crippen LogP contribution in [0.4, 0.5) is 11.4 Å². The van der Waals surface area contributed by atoms with Crippen molar-refractivity contribution in [2.75, 3.05) is 4.90 Å². The number of hydrogen-bond donors (Lipinski definition) is 0. The Morgan fingerprint density at radius 3 is 1.88 bits per heavy atom. The van der Waals surface area contributed by atoms with Crippen LogP contribution < -0.4 is 9.64 Å². The number of aromatic nitrogens is 3. The Morgan fingerprint density at radius 2 is 1.15 bits per heavy atom. The van der Waals surface area contributed by atoms with E-state index in [1.54, 1.807) is 0 Å². The minimum absolute atomic E-state index is 0. The molecule has 0 unspecified atom stereocenters. The molecule has 0 fully saturated rings. The predicted octanol–water partition coefficient (Wildman–Crippen LogP) is 18.9. The molecule has 1 aliphatic heterocycles. The van der Waals surface area contributed by atoms with Crippen LogP contribution in [0.15, 0.2) is 170 Å². The molecule has 11 aromatic rings. The van der Waals surface area contributed by atoms with Crippen LogP contribution in [0.25, 0.3) is 82.1 Å². The SMILES string of the molecule is [2H]C(C)(C)c1cc(-c2cccc3c4ccccc4c4cc(C(C)(C)C)ccc4c4cccc5c4n(c23)[CH-]N5c2[c-]c(Oc3[c-]c4c(cc3)c3ccccc3n4-c3cc(C(C)(C)C)ccn3)ccc2)cc(C(C)(C)C)c1.[Pt]. The second-order valence-corrected chi connectivity index (χ2v) is 23.4. The molecule has 0 spiro atoms. The van der Waals surface area contributed by atoms with E-state index in [1.807, 2.05) is 38.2 Å². The van der Waals surface area contributed by atoms with Gasteiger partial charge in [-0.1, -0.05) is 197 Å². The van der Waals surface area contributed by atoms with Gasteiger partial charge in [-0.2, -0.15) is 12.1 Å². The van der Waals surface area contributed by atoms with Gasteiger partial charge in [-0.3, -0.25) is 0 Å². The second-order valence-electron chi connectivity index (χ2n) is 23.4. The molecule has 75 heavy (non-hydrogen) atoms. The first-order valence-corrected chi connectivity index (χ1v) is 25.9. The summed E-state index contributed by atoms with van der Waals surface area (Å²) in [4.78, 5) is 7.16. The maximum absolute atomic E-state index is 9.32. The van der Waals surface area contributed by atoms with E-state index in [0.29, 0.717) is 11.5 Å². The van der Waals surface area contributed by atoms with Crippen molar-refractivity contribution in [1.82, 2.24) is 14.1 Å². The average Bonchev–Trinajstić information content (AvgIpc) is 3.94. The molecule has 8 aromatic carbocycles. The van der Waals surface area contributed by atoms with E-state index >= 15 is 0 Å². The number of rotatable bonds is 6. The van der Waals surface area contributed by atoms with Gasteiger partial charge in [0.2, 0.25) is 0 Å². The van der Waals surface area contributed by atoms with Crippen LogP contribution in [0.5, 0.6) is 11.5 Å². The van der Waals surface area contributed by atoms with E-state index < -0.39 is 5.89 Å². The minimum atomic E-state index is -0.813. The number of pyridine rings is 1. The van der Waals surface area contributed by atoms with Crippen molar-refractivity contribution in [3.8, 4) is 28.4 Å². The molecule has 4 heterocycles. The molecule has 0 radical (unpaired) electrons. The Hall–Kier alpha value is -7.33. The van der Waals surface area contributed by atoms with Crippen molar-refractivity contribution in [2.45, 2.75) is 98.3 Å². The second kappa shape index (κ2) is 18.5. The molecule has 1 aliphatic rings. The molecule has 0 saturated heterocycles. The molecule has 12 rings (SSSR count). The zero-order chi connectivity index (χ0) is 52.3. The molecule has 0 N–H and O–H groups in total. The van der Waals surface area contributed by atoms with Crippen molar-refractivity contribution in [2.24, 2.45) is 0 Å². The Morgan fingerprint density at radius 1 is 0.533 bits per heavy atom. The fourth-order valence-electron chi connectivity index (χ4n) is 10.9. The van der Waals surface area contributed by atoms with Gasteiger partial charge in [-0.25, -0.2) is 4.98 Å². The molecule has 3 aromatic heterocycles. The largest absolute Gasteiger partial charge is 0.509 e. The summed E-state index contributed by atoms with van der Waals surface area (Å²) in [7, 11) is 0. The van der Waals surface area contributed by atoms with Gasteiger partial charge < -0.3 is 18.8 Å². The maximum Gasteiger partial charge on any atom is 0.135 e. The van der Waals surface area contributed by atoms with Gasteiger partial charge in [0.1, 0.15) is 5.82 Å². The Bertz CT molecular complexity index is 4160. The van der Waals surface area contributed by atoms with Crippen LogP contribution >= 0.6 is 0 Å². The van der Waals surface area contributed by atoms with E-state index in [4.69, 9.17) is 9.72 Å². The molecule has 378 valence electrons. The van der Waals surface area contributed by atoms with Crippen LogP contribution in [-0.2, 0) is 37.3 Å². The normalized spacial score (nSPS) is 13.2. The summed E-state index contributed by atoms with van der Waals surface area (Å²) in [6.45, 7) is 26.6. The predicted molar refractivity (Wildman–Crippen MR) is 312 cm³/mol. The molecule has 0 aliphatic carbocycles. The summed E-state index contributed by atoms with van der Waals surface area (Å²) < 4.78 is 20.7. The molecule has 5 nitrogen and oxygen atoms in total. The molecular weight excluding hydrogens is 1100 g/mol. The number of para-hydroxylation sites is 3. The van der Waals surface area contributed by atoms with E-state index in [1.165, 1.54) is 32.8 Å². The molecule has 0 amide bonds. The number of fused-ring (bicyclic) bond motifs is 10. The van der Waals surface area contributed by atoms with Crippen LogP contribution in [0.3, 0.4) is 0 Å². The van der Waals surface area contributed by atoms with Gasteiger partial charge in [0, 0.05) is 51.3 Å². The Kier molecular flexibility index (Phi) is 12.0. The van der Waals surface area contributed by atoms with Crippen molar-refractivity contribution in [3.05, 3.63) is 211 Å². The third-order valence-electron chi connectivity index (χ3n) is 15.0. The first-order chi connectivity index (χ1) is 35.7. The number of anilines is 2. The van der Waals surface area contributed by atoms with Crippen LogP contribution in [0, 0.1) is 18.8 Å². The van der Waals surface area contributed by atoms with Gasteiger partial charge >= 0.3 is 0 Å². The van der Waals surface area contributed by atoms with Crippen molar-refractivity contribution in [3.63, 3.8) is 0 Å². The smallest absolute Gasteiger partial charge is 0.135 e. The monoisotopic (exact) mass is 1160 g/mol. The van der Waals surface area contributed by atoms with Gasteiger partial charge in [0.25, 0.3) is 0 Å². The van der Waals surface area contributed by atoms with E-state index in [-0.39, 0.29) is 37.3 Å². The minimum Gasteiger partial charge on any atom is -0.509 e. The van der Waals surface area contributed by atoms with Crippen LogP contribution in [-0.4, -0.2) is 14.1 Å². The average molecular weight is 1160 g/mol. The van der Waals surface area contributed by atoms with Crippen LogP contribution in [0.2, 0.25) is 0 Å². The summed E-state index contributed by atoms with van der Waals surface area (Å²) >= 11 is 0. The van der Waals surface area contributed by atoms with Gasteiger partial charge in [0.05, 0.1) is 0 Å². The summed E-state index contributed by atoms with van der Waals surface area (Å²) in [5, 5.41) is 9.16. The zero-order valence-corrected chi connectivity index (χ0v) is 47.0. The molecular formula is C69H63N4OPt-3. The summed E-state index contributed by atoms with van der Waals surface area (Å²) in [6, 6.07) is 66.6. The van der Waals surface area contributed by atoms with Crippen molar-refractivity contribution < 1.29 is 27.2 Å². The third kappa shape index (κ3) is 8.73. The number of hydrogen-bond acceptors (Lipinski definition) is 3. The summed E-state index contributed by atoms with van der Waals surface area (Å²) in [6.07, 6.45) is 1.90. The molecule has 0 saturated carbocycles. The first kappa shape index (κ1) is 48.6. The number of benzene rings is 8. The van der Waals surface area contributed by atoms with Crippen molar-refractivity contribution in [1.29, 1.82) is 0 Å². The van der Waals surface area contributed by atoms with E-state index in [0.717, 1.165) is 82.9 Å². The molecule has 0 atom stereocenters. The molecule has 0 bridgehead atoms. The topological polar surface area (TPSA) is 35.2 Å². The van der Waals surface area contributed by atoms with Crippen molar-refractivity contribution >= 4 is 76.5 Å². The first-order valence-electron chi connectivity index (χ1n) is 26.4. The quantitative estimate of drug-likeness (QED) is 0.156. The fraction of sp³-hybridized carbons (Fsp3) is 0.217. The van der Waals surface area contributed by atoms with Crippen LogP contribution in [0.1, 0.15) is 106 Å². The van der Waals surface area contributed by atoms with E-state index in [9.17, 15) is 1.37 Å². The molecule has 6 heteroatoms. The standard InChI is InChI=1S/C69H63N4O.Pt/c1-43(2)44-35-45(37-48(36-44)69(9,10)11)52-24-17-25-58-53-21-12-13-22-54(53)60-38-46(67(3,4)5)29-31-55(60)59-26-18-28-62-66(59)72(65(52)58)42-71(62)49-19-16-20-50(40-49)74-51-30-32-57-56-23-14-15-27-61(56)73(63(57)41-51)64-39-47(33-34-70-64)68(6,7)8;/h12-39,42-43H,1-11H3;/q-3;/i43D;. The third-order valence-corrected chi connectivity index (χ3v) is 15.0. The van der Waals surface area contributed by atoms with Gasteiger partial charge in [-0.15, -0.1) is 35.7 Å². The van der Waals surface area contributed by atoms with E-state index in [2.05, 4.69) is 241 Å².